The Morgan fingerprint density at radius 2 is 0.807 bits per heavy atom. The third-order valence-corrected chi connectivity index (χ3v) is 16.5. The third kappa shape index (κ3) is 102. The van der Waals surface area contributed by atoms with E-state index in [9.17, 15) is 4.79 Å². The maximum absolute atomic E-state index is 10.1. The van der Waals surface area contributed by atoms with Crippen molar-refractivity contribution in [3.05, 3.63) is 0 Å². The SMILES string of the molecule is CC(=O)C(C)C.CC(C)C(C)C.CC(C)C1CC1.CC(C)CCN(C)C.CC(C)CCN1CCCCC1.CC(C)CCN1CCCCC1.CC(C)CCN1CCN(C)CC1.CCC(O)CC(C)C.CCCC(C)C.CCCCC(C)C.COCCC(C)C. The van der Waals surface area contributed by atoms with Crippen LogP contribution in [0, 0.1) is 76.9 Å². The second-order valence-electron chi connectivity index (χ2n) is 31.9. The van der Waals surface area contributed by atoms with E-state index in [1.165, 1.54) is 194 Å². The van der Waals surface area contributed by atoms with Gasteiger partial charge in [0.1, 0.15) is 5.78 Å². The predicted octanol–water partition coefficient (Wildman–Crippen LogP) is 22.3. The Balaban J connectivity index is -0.000000166. The van der Waals surface area contributed by atoms with Crippen LogP contribution in [0.2, 0.25) is 0 Å². The number of nitrogens with zero attached hydrogens (tertiary/aromatic N) is 5. The molecule has 0 amide bonds. The summed E-state index contributed by atoms with van der Waals surface area (Å²) in [7, 11) is 8.17. The molecule has 0 bridgehead atoms. The predicted molar refractivity (Wildman–Crippen MR) is 405 cm³/mol. The number of likely N-dealkylation sites (N-methyl/N-ethyl adjacent to an activating group) is 1. The number of methoxy groups -OCH3 is 1. The first kappa shape index (κ1) is 101. The molecule has 4 rings (SSSR count). The number of ketones is 1. The summed E-state index contributed by atoms with van der Waals surface area (Å²) in [6.45, 7) is 78.0. The van der Waals surface area contributed by atoms with E-state index < -0.39 is 0 Å². The van der Waals surface area contributed by atoms with Gasteiger partial charge in [-0.25, -0.2) is 0 Å². The number of aliphatic hydroxyl groups excluding tert-OH is 1. The van der Waals surface area contributed by atoms with Gasteiger partial charge in [0, 0.05) is 45.8 Å². The molecule has 1 unspecified atom stereocenters. The molecule has 88 heavy (non-hydrogen) atoms. The number of likely N-dealkylation sites (tertiary alicyclic amines) is 2. The number of Topliss-reactive ketones (excluding diaryl/α,β-unsaturated/α-hetero) is 1. The minimum absolute atomic E-state index is 0.0741. The minimum atomic E-state index is -0.0741. The second kappa shape index (κ2) is 72.2. The topological polar surface area (TPSA) is 62.7 Å². The van der Waals surface area contributed by atoms with Crippen molar-refractivity contribution in [2.24, 2.45) is 76.9 Å². The average molecular weight is 1260 g/mol. The van der Waals surface area contributed by atoms with E-state index in [0.717, 1.165) is 84.5 Å². The fraction of sp³-hybridized carbons (Fsp3) is 0.988. The van der Waals surface area contributed by atoms with Crippen LogP contribution in [0.15, 0.2) is 0 Å². The molecule has 1 aliphatic carbocycles. The first-order chi connectivity index (χ1) is 40.9. The minimum Gasteiger partial charge on any atom is -0.393 e. The summed E-state index contributed by atoms with van der Waals surface area (Å²) in [4.78, 5) is 22.6. The smallest absolute Gasteiger partial charge is 0.132 e. The molecular weight excluding hydrogens is 1080 g/mol. The van der Waals surface area contributed by atoms with Crippen molar-refractivity contribution < 1.29 is 14.6 Å². The van der Waals surface area contributed by atoms with Crippen molar-refractivity contribution in [1.82, 2.24) is 24.5 Å². The van der Waals surface area contributed by atoms with Crippen LogP contribution in [-0.2, 0) is 9.53 Å². The molecule has 3 aliphatic heterocycles. The number of hydrogen-bond donors (Lipinski definition) is 1. The molecular formula is C80H177N5O3. The lowest BCUT2D eigenvalue weighted by Gasteiger charge is -2.32. The zero-order valence-electron chi connectivity index (χ0n) is 67.4. The fourth-order valence-electron chi connectivity index (χ4n) is 8.29. The molecule has 540 valence electrons. The van der Waals surface area contributed by atoms with Crippen LogP contribution in [-0.4, -0.2) is 155 Å². The maximum atomic E-state index is 10.1. The highest BCUT2D eigenvalue weighted by Gasteiger charge is 2.24. The summed E-state index contributed by atoms with van der Waals surface area (Å²) >= 11 is 0. The second-order valence-corrected chi connectivity index (χ2v) is 31.9. The van der Waals surface area contributed by atoms with Gasteiger partial charge >= 0.3 is 0 Å². The maximum Gasteiger partial charge on any atom is 0.132 e. The molecule has 3 heterocycles. The van der Waals surface area contributed by atoms with Crippen LogP contribution in [0.1, 0.15) is 322 Å². The Hall–Kier alpha value is -0.610. The van der Waals surface area contributed by atoms with E-state index in [-0.39, 0.29) is 17.8 Å². The molecule has 0 aromatic heterocycles. The Kier molecular flexibility index (Phi) is 82.8. The molecule has 8 nitrogen and oxygen atoms in total. The Morgan fingerprint density at radius 1 is 0.466 bits per heavy atom. The quantitative estimate of drug-likeness (QED) is 0.0919. The average Bonchev–Trinajstić information content (AvgIpc) is 4.53. The fourth-order valence-corrected chi connectivity index (χ4v) is 8.29. The molecule has 1 atom stereocenters. The summed E-state index contributed by atoms with van der Waals surface area (Å²) in [6.07, 6.45) is 26.8. The Labute approximate surface area is 560 Å². The lowest BCUT2D eigenvalue weighted by Crippen LogP contribution is -2.44. The van der Waals surface area contributed by atoms with Gasteiger partial charge in [-0.2, -0.15) is 0 Å². The van der Waals surface area contributed by atoms with Gasteiger partial charge in [-0.05, 0) is 235 Å². The summed E-state index contributed by atoms with van der Waals surface area (Å²) in [5.41, 5.74) is 0. The van der Waals surface area contributed by atoms with Gasteiger partial charge in [0.25, 0.3) is 0 Å². The van der Waals surface area contributed by atoms with E-state index in [1.807, 2.05) is 20.8 Å². The first-order valence-corrected chi connectivity index (χ1v) is 38.1. The molecule has 0 aromatic rings. The third-order valence-electron chi connectivity index (χ3n) is 16.5. The number of rotatable bonds is 26. The van der Waals surface area contributed by atoms with E-state index >= 15 is 0 Å². The lowest BCUT2D eigenvalue weighted by molar-refractivity contribution is -0.119. The molecule has 4 aliphatic rings. The van der Waals surface area contributed by atoms with E-state index in [2.05, 4.69) is 212 Å². The van der Waals surface area contributed by atoms with Crippen LogP contribution in [0.3, 0.4) is 0 Å². The van der Waals surface area contributed by atoms with Crippen LogP contribution in [0.25, 0.3) is 0 Å². The molecule has 8 heteroatoms. The van der Waals surface area contributed by atoms with Gasteiger partial charge in [-0.15, -0.1) is 0 Å². The number of carbonyl (C=O) groups excluding carboxylic acids is 1. The standard InChI is InChI=1S/C10H22N2.2C10H21N.C7H17N.C7H16O.C7H16.C6H14O.C6H12.2C6H14.C5H10O/c1-10(2)4-5-12-8-6-11(3)7-9-12;2*1-10(2)6-9-11-7-4-3-5-8-11;1-7(2)5-6-8(3)4;1-4-7(8)5-6(2)3;1-4-5-6-7(2)3;1-6(2)4-5-7-3;1-5(2)6-3-4-6;1-5(2)6(3)4;1-4-5-6(2)3;1-4(2)5(3)6/h10H,4-9H2,1-3H3;2*10H,3-9H2,1-2H3;7H,5-6H2,1-4H3;6-8H,4-5H2,1-3H3;7H,4-6H2,1-3H3;6H,4-5H2,1-3H3;5-6H,3-4H2,1-2H3;5-6H,1-4H3;6H,4-5H2,1-3H3;4H,1-3H3. The van der Waals surface area contributed by atoms with Crippen molar-refractivity contribution >= 4 is 5.78 Å². The number of piperazine rings is 1. The first-order valence-electron chi connectivity index (χ1n) is 38.1. The van der Waals surface area contributed by atoms with Crippen molar-refractivity contribution in [2.45, 2.75) is 328 Å². The van der Waals surface area contributed by atoms with Gasteiger partial charge in [0.15, 0.2) is 0 Å². The highest BCUT2D eigenvalue weighted by atomic mass is 16.5. The van der Waals surface area contributed by atoms with E-state index in [0.29, 0.717) is 5.92 Å². The van der Waals surface area contributed by atoms with Gasteiger partial charge < -0.3 is 34.3 Å². The van der Waals surface area contributed by atoms with Crippen molar-refractivity contribution in [3.63, 3.8) is 0 Å². The number of unbranched alkanes of at least 4 members (excludes halogenated alkanes) is 1. The monoisotopic (exact) mass is 1260 g/mol. The van der Waals surface area contributed by atoms with Crippen LogP contribution < -0.4 is 0 Å². The van der Waals surface area contributed by atoms with E-state index in [4.69, 9.17) is 9.84 Å². The highest BCUT2D eigenvalue weighted by molar-refractivity contribution is 5.77. The molecule has 4 fully saturated rings. The Morgan fingerprint density at radius 3 is 0.966 bits per heavy atom. The normalized spacial score (nSPS) is 15.8. The number of hydrogen-bond acceptors (Lipinski definition) is 8. The van der Waals surface area contributed by atoms with Gasteiger partial charge in [0.05, 0.1) is 6.10 Å². The lowest BCUT2D eigenvalue weighted by atomic mass is 10.0. The van der Waals surface area contributed by atoms with Crippen LogP contribution >= 0.6 is 0 Å². The van der Waals surface area contributed by atoms with Crippen molar-refractivity contribution in [1.29, 1.82) is 0 Å². The van der Waals surface area contributed by atoms with Gasteiger partial charge in [-0.3, -0.25) is 4.79 Å². The van der Waals surface area contributed by atoms with Crippen LogP contribution in [0.5, 0.6) is 0 Å². The van der Waals surface area contributed by atoms with Crippen molar-refractivity contribution in [3.8, 4) is 0 Å². The number of aliphatic hydroxyl groups is 1. The van der Waals surface area contributed by atoms with Crippen LogP contribution in [0.4, 0.5) is 0 Å². The van der Waals surface area contributed by atoms with Gasteiger partial charge in [0.2, 0.25) is 0 Å². The van der Waals surface area contributed by atoms with Crippen molar-refractivity contribution in [2.75, 3.05) is 113 Å². The molecule has 1 saturated carbocycles. The number of carbonyl (C=O) groups is 1. The molecule has 0 aromatic carbocycles. The zero-order valence-corrected chi connectivity index (χ0v) is 67.4. The largest absolute Gasteiger partial charge is 0.393 e. The summed E-state index contributed by atoms with van der Waals surface area (Å²) in [5.74, 6) is 10.9. The summed E-state index contributed by atoms with van der Waals surface area (Å²) in [5, 5.41) is 9.03. The van der Waals surface area contributed by atoms with Gasteiger partial charge in [-0.1, -0.05) is 232 Å². The molecule has 0 radical (unpaired) electrons. The Bertz CT molecular complexity index is 1210. The molecule has 0 spiro atoms. The zero-order chi connectivity index (χ0) is 69.6. The summed E-state index contributed by atoms with van der Waals surface area (Å²) in [6, 6.07) is 0. The molecule has 3 saturated heterocycles. The molecule has 1 N–H and O–H groups in total. The number of ether oxygens (including phenoxy) is 1. The highest BCUT2D eigenvalue weighted by Crippen LogP contribution is 2.35. The number of piperidine rings is 2. The van der Waals surface area contributed by atoms with E-state index in [1.54, 1.807) is 14.0 Å². The summed E-state index contributed by atoms with van der Waals surface area (Å²) < 4.78 is 4.85.